The molecule has 1 heterocycles. The normalized spacial score (nSPS) is 16.1. The summed E-state index contributed by atoms with van der Waals surface area (Å²) in [5.41, 5.74) is 2.84. The number of sulfonamides is 1. The minimum Gasteiger partial charge on any atom is -0.377 e. The van der Waals surface area contributed by atoms with Gasteiger partial charge >= 0.3 is 0 Å². The fourth-order valence-corrected chi connectivity index (χ4v) is 4.35. The van der Waals surface area contributed by atoms with Crippen LogP contribution in [0.15, 0.2) is 47.4 Å². The fourth-order valence-electron chi connectivity index (χ4n) is 3.24. The number of hydrogen-bond acceptors (Lipinski definition) is 5. The first-order valence-electron chi connectivity index (χ1n) is 10.1. The molecule has 1 aliphatic rings. The van der Waals surface area contributed by atoms with Crippen LogP contribution >= 0.6 is 0 Å². The van der Waals surface area contributed by atoms with Gasteiger partial charge in [-0.05, 0) is 62.1 Å². The Bertz CT molecular complexity index is 1060. The predicted octanol–water partition coefficient (Wildman–Crippen LogP) is 2.13. The van der Waals surface area contributed by atoms with Gasteiger partial charge in [0.2, 0.25) is 15.9 Å². The Morgan fingerprint density at radius 3 is 2.65 bits per heavy atom. The van der Waals surface area contributed by atoms with Gasteiger partial charge in [-0.3, -0.25) is 9.59 Å². The third-order valence-corrected chi connectivity index (χ3v) is 6.64. The Balaban J connectivity index is 1.58. The number of benzene rings is 2. The highest BCUT2D eigenvalue weighted by Gasteiger charge is 2.21. The number of carbonyl (C=O) groups excluding carboxylic acids is 2. The lowest BCUT2D eigenvalue weighted by Gasteiger charge is -2.12. The molecule has 1 atom stereocenters. The van der Waals surface area contributed by atoms with Gasteiger partial charge in [-0.1, -0.05) is 18.2 Å². The monoisotopic (exact) mass is 445 g/mol. The zero-order chi connectivity index (χ0) is 22.4. The van der Waals surface area contributed by atoms with E-state index in [0.717, 1.165) is 24.0 Å². The zero-order valence-corrected chi connectivity index (χ0v) is 18.4. The van der Waals surface area contributed by atoms with Crippen LogP contribution < -0.4 is 15.4 Å². The summed E-state index contributed by atoms with van der Waals surface area (Å²) in [7, 11) is -3.77. The molecule has 0 radical (unpaired) electrons. The van der Waals surface area contributed by atoms with Crippen molar-refractivity contribution >= 4 is 27.5 Å². The molecule has 2 aromatic carbocycles. The molecule has 3 N–H and O–H groups in total. The van der Waals surface area contributed by atoms with E-state index in [-0.39, 0.29) is 35.6 Å². The van der Waals surface area contributed by atoms with Crippen LogP contribution in [0.4, 0.5) is 5.69 Å². The highest BCUT2D eigenvalue weighted by Crippen LogP contribution is 2.18. The van der Waals surface area contributed by atoms with Crippen molar-refractivity contribution < 1.29 is 22.7 Å². The standard InChI is InChI=1S/C22H27N3O5S/c1-15-6-3-10-20(16(15)2)25-21(26)14-23-22(27)17-7-4-9-19(12-17)31(28,29)24-13-18-8-5-11-30-18/h3-4,6-7,9-10,12,18,24H,5,8,11,13-14H2,1-2H3,(H,23,27)(H,25,26). The van der Waals surface area contributed by atoms with Crippen LogP contribution in [0.5, 0.6) is 0 Å². The van der Waals surface area contributed by atoms with Gasteiger partial charge in [-0.15, -0.1) is 0 Å². The molecule has 2 amide bonds. The number of nitrogens with one attached hydrogen (secondary N) is 3. The zero-order valence-electron chi connectivity index (χ0n) is 17.6. The molecule has 0 saturated carbocycles. The van der Waals surface area contributed by atoms with Gasteiger partial charge in [0.1, 0.15) is 0 Å². The van der Waals surface area contributed by atoms with E-state index < -0.39 is 15.9 Å². The van der Waals surface area contributed by atoms with Crippen LogP contribution in [0.3, 0.4) is 0 Å². The summed E-state index contributed by atoms with van der Waals surface area (Å²) < 4.78 is 33.0. The van der Waals surface area contributed by atoms with E-state index in [4.69, 9.17) is 4.74 Å². The first-order valence-corrected chi connectivity index (χ1v) is 11.6. The number of anilines is 1. The second-order valence-electron chi connectivity index (χ2n) is 7.49. The second kappa shape index (κ2) is 10.0. The van der Waals surface area contributed by atoms with Gasteiger partial charge in [-0.2, -0.15) is 0 Å². The van der Waals surface area contributed by atoms with Crippen molar-refractivity contribution in [2.45, 2.75) is 37.7 Å². The van der Waals surface area contributed by atoms with Crippen molar-refractivity contribution in [3.63, 3.8) is 0 Å². The molecule has 166 valence electrons. The van der Waals surface area contributed by atoms with E-state index in [1.165, 1.54) is 24.3 Å². The smallest absolute Gasteiger partial charge is 0.251 e. The Morgan fingerprint density at radius 1 is 1.13 bits per heavy atom. The van der Waals surface area contributed by atoms with E-state index in [0.29, 0.717) is 12.3 Å². The van der Waals surface area contributed by atoms with Gasteiger partial charge in [-0.25, -0.2) is 13.1 Å². The van der Waals surface area contributed by atoms with Crippen molar-refractivity contribution in [3.8, 4) is 0 Å². The van der Waals surface area contributed by atoms with Gasteiger partial charge in [0.05, 0.1) is 17.5 Å². The number of hydrogen-bond donors (Lipinski definition) is 3. The lowest BCUT2D eigenvalue weighted by molar-refractivity contribution is -0.115. The van der Waals surface area contributed by atoms with E-state index in [1.807, 2.05) is 26.0 Å². The topological polar surface area (TPSA) is 114 Å². The van der Waals surface area contributed by atoms with E-state index in [1.54, 1.807) is 6.07 Å². The minimum atomic E-state index is -3.77. The van der Waals surface area contributed by atoms with Crippen molar-refractivity contribution in [2.75, 3.05) is 25.0 Å². The van der Waals surface area contributed by atoms with Crippen LogP contribution in [0.1, 0.15) is 34.3 Å². The molecule has 2 aromatic rings. The lowest BCUT2D eigenvalue weighted by Crippen LogP contribution is -2.33. The highest BCUT2D eigenvalue weighted by molar-refractivity contribution is 7.89. The number of aryl methyl sites for hydroxylation is 1. The van der Waals surface area contributed by atoms with Crippen LogP contribution in [-0.2, 0) is 19.6 Å². The number of amides is 2. The maximum Gasteiger partial charge on any atom is 0.251 e. The molecule has 8 nitrogen and oxygen atoms in total. The second-order valence-corrected chi connectivity index (χ2v) is 9.26. The maximum atomic E-state index is 12.5. The molecule has 3 rings (SSSR count). The predicted molar refractivity (Wildman–Crippen MR) is 117 cm³/mol. The summed E-state index contributed by atoms with van der Waals surface area (Å²) in [4.78, 5) is 24.6. The Labute approximate surface area is 182 Å². The van der Waals surface area contributed by atoms with Crippen LogP contribution in [0, 0.1) is 13.8 Å². The third kappa shape index (κ3) is 6.13. The molecule has 0 spiro atoms. The lowest BCUT2D eigenvalue weighted by atomic mass is 10.1. The molecule has 1 fully saturated rings. The van der Waals surface area contributed by atoms with Gasteiger partial charge in [0.15, 0.2) is 0 Å². The quantitative estimate of drug-likeness (QED) is 0.576. The first-order chi connectivity index (χ1) is 14.8. The fraction of sp³-hybridized carbons (Fsp3) is 0.364. The third-order valence-electron chi connectivity index (χ3n) is 5.22. The summed E-state index contributed by atoms with van der Waals surface area (Å²) in [5.74, 6) is -0.906. The van der Waals surface area contributed by atoms with Crippen LogP contribution in [0.2, 0.25) is 0 Å². The average molecular weight is 446 g/mol. The molecular formula is C22H27N3O5S. The summed E-state index contributed by atoms with van der Waals surface area (Å²) >= 11 is 0. The summed E-state index contributed by atoms with van der Waals surface area (Å²) in [6, 6.07) is 11.3. The molecule has 31 heavy (non-hydrogen) atoms. The van der Waals surface area contributed by atoms with Crippen LogP contribution in [-0.4, -0.2) is 46.0 Å². The molecule has 1 saturated heterocycles. The van der Waals surface area contributed by atoms with Crippen LogP contribution in [0.25, 0.3) is 0 Å². The molecule has 9 heteroatoms. The van der Waals surface area contributed by atoms with E-state index >= 15 is 0 Å². The molecular weight excluding hydrogens is 418 g/mol. The van der Waals surface area contributed by atoms with E-state index in [2.05, 4.69) is 15.4 Å². The van der Waals surface area contributed by atoms with Crippen molar-refractivity contribution in [1.82, 2.24) is 10.0 Å². The Hall–Kier alpha value is -2.75. The minimum absolute atomic E-state index is 0.0158. The van der Waals surface area contributed by atoms with E-state index in [9.17, 15) is 18.0 Å². The molecule has 0 bridgehead atoms. The highest BCUT2D eigenvalue weighted by atomic mass is 32.2. The summed E-state index contributed by atoms with van der Waals surface area (Å²) in [6.45, 7) is 4.45. The first kappa shape index (κ1) is 22.9. The van der Waals surface area contributed by atoms with Crippen molar-refractivity contribution in [3.05, 3.63) is 59.2 Å². The molecule has 1 aliphatic heterocycles. The maximum absolute atomic E-state index is 12.5. The van der Waals surface area contributed by atoms with Gasteiger partial charge in [0.25, 0.3) is 5.91 Å². The molecule has 0 aliphatic carbocycles. The number of carbonyl (C=O) groups is 2. The van der Waals surface area contributed by atoms with Crippen molar-refractivity contribution in [1.29, 1.82) is 0 Å². The largest absolute Gasteiger partial charge is 0.377 e. The summed E-state index contributed by atoms with van der Waals surface area (Å²) in [5, 5.41) is 5.29. The van der Waals surface area contributed by atoms with Crippen molar-refractivity contribution in [2.24, 2.45) is 0 Å². The van der Waals surface area contributed by atoms with Gasteiger partial charge < -0.3 is 15.4 Å². The molecule has 1 unspecified atom stereocenters. The Kier molecular flexibility index (Phi) is 7.42. The SMILES string of the molecule is Cc1cccc(NC(=O)CNC(=O)c2cccc(S(=O)(=O)NCC3CCCO3)c2)c1C. The molecule has 0 aromatic heterocycles. The number of ether oxygens (including phenoxy) is 1. The van der Waals surface area contributed by atoms with Gasteiger partial charge in [0, 0.05) is 24.4 Å². The average Bonchev–Trinajstić information content (AvgIpc) is 3.28. The Morgan fingerprint density at radius 2 is 1.90 bits per heavy atom. The summed E-state index contributed by atoms with van der Waals surface area (Å²) in [6.07, 6.45) is 1.60. The number of rotatable bonds is 8.